The third-order valence-corrected chi connectivity index (χ3v) is 5.89. The molecule has 1 heterocycles. The van der Waals surface area contributed by atoms with Gasteiger partial charge in [-0.3, -0.25) is 0 Å². The van der Waals surface area contributed by atoms with E-state index in [2.05, 4.69) is 10.6 Å². The van der Waals surface area contributed by atoms with Gasteiger partial charge in [-0.2, -0.15) is 0 Å². The summed E-state index contributed by atoms with van der Waals surface area (Å²) in [5, 5.41) is 5.57. The Kier molecular flexibility index (Phi) is 7.44. The predicted octanol–water partition coefficient (Wildman–Crippen LogP) is 4.53. The summed E-state index contributed by atoms with van der Waals surface area (Å²) in [6, 6.07) is 19.2. The van der Waals surface area contributed by atoms with Crippen molar-refractivity contribution in [3.05, 3.63) is 94.6 Å². The van der Waals surface area contributed by atoms with E-state index >= 15 is 0 Å². The van der Waals surface area contributed by atoms with Gasteiger partial charge in [-0.25, -0.2) is 9.59 Å². The van der Waals surface area contributed by atoms with Crippen LogP contribution in [0.4, 0.5) is 4.79 Å². The first-order valence-electron chi connectivity index (χ1n) is 11.3. The van der Waals surface area contributed by atoms with Gasteiger partial charge in [0.15, 0.2) is 11.5 Å². The van der Waals surface area contributed by atoms with E-state index in [9.17, 15) is 9.59 Å². The molecule has 2 N–H and O–H groups in total. The molecule has 186 valence electrons. The topological polar surface area (TPSA) is 95.1 Å². The fourth-order valence-corrected chi connectivity index (χ4v) is 3.96. The highest BCUT2D eigenvalue weighted by molar-refractivity contribution is 6.04. The van der Waals surface area contributed by atoms with Crippen molar-refractivity contribution in [2.75, 3.05) is 21.3 Å². The highest BCUT2D eigenvalue weighted by Crippen LogP contribution is 2.37. The molecule has 0 bridgehead atoms. The fraction of sp³-hybridized carbons (Fsp3) is 0.214. The first-order valence-corrected chi connectivity index (χ1v) is 11.3. The minimum atomic E-state index is -0.775. The van der Waals surface area contributed by atoms with E-state index in [4.69, 9.17) is 18.9 Å². The van der Waals surface area contributed by atoms with Gasteiger partial charge in [0.05, 0.1) is 38.6 Å². The smallest absolute Gasteiger partial charge is 0.338 e. The molecule has 1 aliphatic heterocycles. The molecule has 3 aromatic rings. The third kappa shape index (κ3) is 5.27. The summed E-state index contributed by atoms with van der Waals surface area (Å²) in [4.78, 5) is 25.5. The standard InChI is InChI=1S/C28H28N2O6/c1-17-5-7-18(8-6-17)16-36-22-14-11-20(15-23(22)34-3)26-24(27(31)35-4)25(29-28(32)30-26)19-9-12-21(33-2)13-10-19/h5-15,26H,16H2,1-4H3,(H2,29,30,32). The number of carbonyl (C=O) groups is 2. The number of urea groups is 1. The molecule has 0 saturated carbocycles. The Bertz CT molecular complexity index is 1280. The number of rotatable bonds is 8. The van der Waals surface area contributed by atoms with Crippen LogP contribution in [-0.2, 0) is 16.1 Å². The molecule has 8 nitrogen and oxygen atoms in total. The number of esters is 1. The monoisotopic (exact) mass is 488 g/mol. The van der Waals surface area contributed by atoms with Gasteiger partial charge in [0.2, 0.25) is 0 Å². The number of benzene rings is 3. The van der Waals surface area contributed by atoms with Gasteiger partial charge in [0.1, 0.15) is 12.4 Å². The number of hydrogen-bond acceptors (Lipinski definition) is 6. The van der Waals surface area contributed by atoms with Crippen LogP contribution in [0.1, 0.15) is 28.3 Å². The van der Waals surface area contributed by atoms with Crippen LogP contribution in [0.5, 0.6) is 17.2 Å². The second-order valence-electron chi connectivity index (χ2n) is 8.22. The van der Waals surface area contributed by atoms with Gasteiger partial charge in [-0.1, -0.05) is 35.9 Å². The maximum atomic E-state index is 12.9. The second kappa shape index (κ2) is 10.9. The Morgan fingerprint density at radius 2 is 1.61 bits per heavy atom. The van der Waals surface area contributed by atoms with Crippen molar-refractivity contribution >= 4 is 17.7 Å². The Labute approximate surface area is 209 Å². The molecular formula is C28H28N2O6. The maximum absolute atomic E-state index is 12.9. The van der Waals surface area contributed by atoms with Crippen LogP contribution < -0.4 is 24.8 Å². The lowest BCUT2D eigenvalue weighted by molar-refractivity contribution is -0.136. The largest absolute Gasteiger partial charge is 0.497 e. The molecule has 0 aromatic heterocycles. The van der Waals surface area contributed by atoms with Crippen LogP contribution in [0.25, 0.3) is 5.70 Å². The first kappa shape index (κ1) is 24.7. The maximum Gasteiger partial charge on any atom is 0.338 e. The second-order valence-corrected chi connectivity index (χ2v) is 8.22. The number of aryl methyl sites for hydroxylation is 1. The highest BCUT2D eigenvalue weighted by atomic mass is 16.5. The number of amides is 2. The van der Waals surface area contributed by atoms with Crippen molar-refractivity contribution in [1.82, 2.24) is 10.6 Å². The minimum Gasteiger partial charge on any atom is -0.497 e. The van der Waals surface area contributed by atoms with E-state index in [-0.39, 0.29) is 5.57 Å². The van der Waals surface area contributed by atoms with E-state index in [1.54, 1.807) is 56.7 Å². The summed E-state index contributed by atoms with van der Waals surface area (Å²) in [6.07, 6.45) is 0. The molecule has 8 heteroatoms. The Balaban J connectivity index is 1.69. The Morgan fingerprint density at radius 3 is 2.25 bits per heavy atom. The molecule has 1 unspecified atom stereocenters. The zero-order valence-electron chi connectivity index (χ0n) is 20.6. The lowest BCUT2D eigenvalue weighted by Crippen LogP contribution is -2.45. The molecule has 0 aliphatic carbocycles. The SMILES string of the molecule is COC(=O)C1=C(c2ccc(OC)cc2)NC(=O)NC1c1ccc(OCc2ccc(C)cc2)c(OC)c1. The summed E-state index contributed by atoms with van der Waals surface area (Å²) in [7, 11) is 4.41. The summed E-state index contributed by atoms with van der Waals surface area (Å²) in [5.41, 5.74) is 4.09. The average Bonchev–Trinajstić information content (AvgIpc) is 2.91. The number of carbonyl (C=O) groups excluding carboxylic acids is 2. The van der Waals surface area contributed by atoms with Crippen molar-refractivity contribution in [3.8, 4) is 17.2 Å². The number of hydrogen-bond donors (Lipinski definition) is 2. The molecular weight excluding hydrogens is 460 g/mol. The van der Waals surface area contributed by atoms with Gasteiger partial charge in [0, 0.05) is 0 Å². The average molecular weight is 489 g/mol. The molecule has 1 aliphatic rings. The van der Waals surface area contributed by atoms with Crippen LogP contribution in [0, 0.1) is 6.92 Å². The lowest BCUT2D eigenvalue weighted by atomic mass is 9.92. The van der Waals surface area contributed by atoms with Crippen LogP contribution in [0.2, 0.25) is 0 Å². The van der Waals surface area contributed by atoms with E-state index in [0.29, 0.717) is 40.7 Å². The summed E-state index contributed by atoms with van der Waals surface area (Å²) >= 11 is 0. The molecule has 0 spiro atoms. The summed E-state index contributed by atoms with van der Waals surface area (Å²) in [5.74, 6) is 1.10. The molecule has 0 radical (unpaired) electrons. The van der Waals surface area contributed by atoms with Crippen LogP contribution in [-0.4, -0.2) is 33.3 Å². The zero-order chi connectivity index (χ0) is 25.7. The van der Waals surface area contributed by atoms with E-state index in [0.717, 1.165) is 5.56 Å². The van der Waals surface area contributed by atoms with Crippen molar-refractivity contribution < 1.29 is 28.5 Å². The predicted molar refractivity (Wildman–Crippen MR) is 135 cm³/mol. The molecule has 2 amide bonds. The van der Waals surface area contributed by atoms with Gasteiger partial charge in [0.25, 0.3) is 0 Å². The molecule has 4 rings (SSSR count). The van der Waals surface area contributed by atoms with Crippen LogP contribution in [0.15, 0.2) is 72.3 Å². The quantitative estimate of drug-likeness (QED) is 0.453. The molecule has 3 aromatic carbocycles. The van der Waals surface area contributed by atoms with Crippen LogP contribution >= 0.6 is 0 Å². The Hall–Kier alpha value is -4.46. The van der Waals surface area contributed by atoms with Crippen molar-refractivity contribution in [3.63, 3.8) is 0 Å². The van der Waals surface area contributed by atoms with Gasteiger partial charge in [-0.15, -0.1) is 0 Å². The van der Waals surface area contributed by atoms with Crippen molar-refractivity contribution in [2.24, 2.45) is 0 Å². The normalized spacial score (nSPS) is 15.0. The van der Waals surface area contributed by atoms with E-state index in [1.807, 2.05) is 31.2 Å². The number of methoxy groups -OCH3 is 3. The van der Waals surface area contributed by atoms with Crippen molar-refractivity contribution in [1.29, 1.82) is 0 Å². The number of ether oxygens (including phenoxy) is 4. The first-order chi connectivity index (χ1) is 17.4. The molecule has 36 heavy (non-hydrogen) atoms. The zero-order valence-corrected chi connectivity index (χ0v) is 20.6. The van der Waals surface area contributed by atoms with Gasteiger partial charge >= 0.3 is 12.0 Å². The highest BCUT2D eigenvalue weighted by Gasteiger charge is 2.34. The van der Waals surface area contributed by atoms with Gasteiger partial charge in [-0.05, 0) is 60.0 Å². The molecule has 0 saturated heterocycles. The van der Waals surface area contributed by atoms with E-state index in [1.165, 1.54) is 12.7 Å². The fourth-order valence-electron chi connectivity index (χ4n) is 3.96. The van der Waals surface area contributed by atoms with Crippen LogP contribution in [0.3, 0.4) is 0 Å². The lowest BCUT2D eigenvalue weighted by Gasteiger charge is -2.29. The Morgan fingerprint density at radius 1 is 0.889 bits per heavy atom. The van der Waals surface area contributed by atoms with Crippen molar-refractivity contribution in [2.45, 2.75) is 19.6 Å². The molecule has 1 atom stereocenters. The number of nitrogens with one attached hydrogen (secondary N) is 2. The summed E-state index contributed by atoms with van der Waals surface area (Å²) in [6.45, 7) is 2.40. The summed E-state index contributed by atoms with van der Waals surface area (Å²) < 4.78 is 21.9. The molecule has 0 fully saturated rings. The van der Waals surface area contributed by atoms with E-state index < -0.39 is 18.0 Å². The third-order valence-electron chi connectivity index (χ3n) is 5.89. The minimum absolute atomic E-state index is 0.262. The van der Waals surface area contributed by atoms with Gasteiger partial charge < -0.3 is 29.6 Å².